The first-order valence-electron chi connectivity index (χ1n) is 6.57. The second-order valence-electron chi connectivity index (χ2n) is 6.00. The van der Waals surface area contributed by atoms with Crippen LogP contribution in [0.3, 0.4) is 0 Å². The predicted octanol–water partition coefficient (Wildman–Crippen LogP) is 2.32. The highest BCUT2D eigenvalue weighted by Crippen LogP contribution is 2.37. The summed E-state index contributed by atoms with van der Waals surface area (Å²) < 4.78 is 27.4. The molecule has 1 aromatic rings. The van der Waals surface area contributed by atoms with Crippen LogP contribution in [0.1, 0.15) is 38.0 Å². The summed E-state index contributed by atoms with van der Waals surface area (Å²) in [7, 11) is -1.50. The van der Waals surface area contributed by atoms with Crippen molar-refractivity contribution >= 4 is 21.4 Å². The molecular weight excluding hydrogens is 280 g/mol. The molecule has 1 atom stereocenters. The van der Waals surface area contributed by atoms with E-state index in [0.29, 0.717) is 11.4 Å². The Morgan fingerprint density at radius 3 is 2.79 bits per heavy atom. The molecule has 0 saturated heterocycles. The first kappa shape index (κ1) is 15.0. The first-order valence-corrected chi connectivity index (χ1v) is 8.93. The molecular formula is C13H22N2O2S2. The Kier molecular flexibility index (Phi) is 4.35. The van der Waals surface area contributed by atoms with Gasteiger partial charge in [0.05, 0.1) is 4.90 Å². The number of thiophene rings is 1. The molecule has 2 rings (SSSR count). The molecule has 19 heavy (non-hydrogen) atoms. The van der Waals surface area contributed by atoms with Crippen LogP contribution in [0.5, 0.6) is 0 Å². The Morgan fingerprint density at radius 1 is 1.47 bits per heavy atom. The van der Waals surface area contributed by atoms with Crippen LogP contribution < -0.4 is 10.0 Å². The van der Waals surface area contributed by atoms with E-state index < -0.39 is 10.0 Å². The van der Waals surface area contributed by atoms with Gasteiger partial charge in [-0.2, -0.15) is 0 Å². The van der Waals surface area contributed by atoms with Crippen LogP contribution in [0.4, 0.5) is 0 Å². The van der Waals surface area contributed by atoms with Crippen molar-refractivity contribution in [1.29, 1.82) is 0 Å². The van der Waals surface area contributed by atoms with Gasteiger partial charge in [0, 0.05) is 22.8 Å². The highest BCUT2D eigenvalue weighted by molar-refractivity contribution is 7.89. The van der Waals surface area contributed by atoms with Crippen molar-refractivity contribution in [2.45, 2.75) is 50.6 Å². The average Bonchev–Trinajstić information content (AvgIpc) is 2.86. The summed E-state index contributed by atoms with van der Waals surface area (Å²) >= 11 is 1.48. The molecule has 1 saturated carbocycles. The van der Waals surface area contributed by atoms with E-state index in [4.69, 9.17) is 0 Å². The van der Waals surface area contributed by atoms with E-state index in [-0.39, 0.29) is 11.5 Å². The fourth-order valence-electron chi connectivity index (χ4n) is 2.59. The molecule has 6 heteroatoms. The van der Waals surface area contributed by atoms with E-state index in [1.807, 2.05) is 7.05 Å². The fraction of sp³-hybridized carbons (Fsp3) is 0.692. The summed E-state index contributed by atoms with van der Waals surface area (Å²) in [6, 6.07) is 1.83. The van der Waals surface area contributed by atoms with Gasteiger partial charge in [-0.15, -0.1) is 11.3 Å². The number of nitrogens with one attached hydrogen (secondary N) is 2. The second kappa shape index (κ2) is 5.52. The minimum Gasteiger partial charge on any atom is -0.315 e. The molecule has 0 aliphatic heterocycles. The van der Waals surface area contributed by atoms with Crippen LogP contribution in [-0.2, 0) is 16.6 Å². The Hall–Kier alpha value is -0.430. The number of hydrogen-bond donors (Lipinski definition) is 2. The number of hydrogen-bond acceptors (Lipinski definition) is 4. The molecule has 2 N–H and O–H groups in total. The van der Waals surface area contributed by atoms with Crippen molar-refractivity contribution < 1.29 is 8.42 Å². The molecule has 1 aromatic heterocycles. The molecule has 0 amide bonds. The van der Waals surface area contributed by atoms with Crippen LogP contribution in [0.2, 0.25) is 0 Å². The molecule has 0 aromatic carbocycles. The maximum Gasteiger partial charge on any atom is 0.241 e. The van der Waals surface area contributed by atoms with Crippen LogP contribution in [0.25, 0.3) is 0 Å². The largest absolute Gasteiger partial charge is 0.315 e. The van der Waals surface area contributed by atoms with Crippen molar-refractivity contribution in [1.82, 2.24) is 10.0 Å². The average molecular weight is 302 g/mol. The second-order valence-corrected chi connectivity index (χ2v) is 8.71. The highest BCUT2D eigenvalue weighted by atomic mass is 32.2. The Morgan fingerprint density at radius 2 is 2.21 bits per heavy atom. The summed E-state index contributed by atoms with van der Waals surface area (Å²) in [6.07, 6.45) is 2.92. The summed E-state index contributed by atoms with van der Waals surface area (Å²) in [5, 5.41) is 4.75. The third-order valence-electron chi connectivity index (χ3n) is 3.58. The fourth-order valence-corrected chi connectivity index (χ4v) is 5.15. The van der Waals surface area contributed by atoms with E-state index in [2.05, 4.69) is 23.9 Å². The van der Waals surface area contributed by atoms with Crippen molar-refractivity contribution in [2.24, 2.45) is 5.41 Å². The van der Waals surface area contributed by atoms with Crippen LogP contribution >= 0.6 is 11.3 Å². The maximum absolute atomic E-state index is 12.3. The van der Waals surface area contributed by atoms with Gasteiger partial charge >= 0.3 is 0 Å². The molecule has 0 radical (unpaired) electrons. The van der Waals surface area contributed by atoms with Gasteiger partial charge in [0.15, 0.2) is 0 Å². The van der Waals surface area contributed by atoms with Gasteiger partial charge in [0.1, 0.15) is 0 Å². The van der Waals surface area contributed by atoms with Crippen molar-refractivity contribution in [3.8, 4) is 0 Å². The maximum atomic E-state index is 12.3. The molecule has 1 unspecified atom stereocenters. The zero-order valence-electron chi connectivity index (χ0n) is 11.7. The molecule has 1 fully saturated rings. The van der Waals surface area contributed by atoms with E-state index in [1.54, 1.807) is 11.4 Å². The number of sulfonamides is 1. The SMILES string of the molecule is CNCc1cc(S(=O)(=O)NC2CCC(C)(C)C2)cs1. The molecule has 0 spiro atoms. The van der Waals surface area contributed by atoms with Crippen molar-refractivity contribution in [2.75, 3.05) is 7.05 Å². The van der Waals surface area contributed by atoms with Crippen LogP contribution in [-0.4, -0.2) is 21.5 Å². The standard InChI is InChI=1S/C13H22N2O2S2/c1-13(2)5-4-10(7-13)15-19(16,17)12-6-11(8-14-3)18-9-12/h6,9-10,14-15H,4-5,7-8H2,1-3H3. The summed E-state index contributed by atoms with van der Waals surface area (Å²) in [5.41, 5.74) is 0.249. The van der Waals surface area contributed by atoms with Crippen molar-refractivity contribution in [3.63, 3.8) is 0 Å². The molecule has 108 valence electrons. The van der Waals surface area contributed by atoms with Gasteiger partial charge in [-0.3, -0.25) is 0 Å². The lowest BCUT2D eigenvalue weighted by atomic mass is 9.92. The zero-order valence-corrected chi connectivity index (χ0v) is 13.3. The Bertz CT molecular complexity index is 535. The van der Waals surface area contributed by atoms with E-state index in [9.17, 15) is 8.42 Å². The third kappa shape index (κ3) is 3.78. The van der Waals surface area contributed by atoms with Gasteiger partial charge in [0.25, 0.3) is 0 Å². The smallest absolute Gasteiger partial charge is 0.241 e. The molecule has 0 bridgehead atoms. The minimum atomic E-state index is -3.36. The van der Waals surface area contributed by atoms with Gasteiger partial charge < -0.3 is 5.32 Å². The summed E-state index contributed by atoms with van der Waals surface area (Å²) in [4.78, 5) is 1.43. The van der Waals surface area contributed by atoms with Gasteiger partial charge in [-0.05, 0) is 37.8 Å². The van der Waals surface area contributed by atoms with E-state index in [1.165, 1.54) is 11.3 Å². The van der Waals surface area contributed by atoms with Crippen molar-refractivity contribution in [3.05, 3.63) is 16.3 Å². The normalized spacial score (nSPS) is 22.8. The predicted molar refractivity (Wildman–Crippen MR) is 78.8 cm³/mol. The van der Waals surface area contributed by atoms with E-state index >= 15 is 0 Å². The minimum absolute atomic E-state index is 0.0765. The summed E-state index contributed by atoms with van der Waals surface area (Å²) in [6.45, 7) is 5.09. The monoisotopic (exact) mass is 302 g/mol. The lowest BCUT2D eigenvalue weighted by molar-refractivity contribution is 0.372. The number of rotatable bonds is 5. The quantitative estimate of drug-likeness (QED) is 0.877. The van der Waals surface area contributed by atoms with Crippen LogP contribution in [0, 0.1) is 5.41 Å². The van der Waals surface area contributed by atoms with Gasteiger partial charge in [-0.25, -0.2) is 13.1 Å². The van der Waals surface area contributed by atoms with Gasteiger partial charge in [0.2, 0.25) is 10.0 Å². The Labute approximate surface area is 119 Å². The van der Waals surface area contributed by atoms with E-state index in [0.717, 1.165) is 24.1 Å². The third-order valence-corrected chi connectivity index (χ3v) is 6.17. The molecule has 4 nitrogen and oxygen atoms in total. The lowest BCUT2D eigenvalue weighted by Gasteiger charge is -2.17. The first-order chi connectivity index (χ1) is 8.82. The molecule has 1 aliphatic carbocycles. The van der Waals surface area contributed by atoms with Gasteiger partial charge in [-0.1, -0.05) is 13.8 Å². The topological polar surface area (TPSA) is 58.2 Å². The Balaban J connectivity index is 2.05. The van der Waals surface area contributed by atoms with Crippen LogP contribution in [0.15, 0.2) is 16.3 Å². The zero-order chi connectivity index (χ0) is 14.1. The summed E-state index contributed by atoms with van der Waals surface area (Å²) in [5.74, 6) is 0. The highest BCUT2D eigenvalue weighted by Gasteiger charge is 2.33. The molecule has 1 heterocycles. The molecule has 1 aliphatic rings. The lowest BCUT2D eigenvalue weighted by Crippen LogP contribution is -2.33.